The van der Waals surface area contributed by atoms with Crippen LogP contribution in [0.1, 0.15) is 11.1 Å². The predicted octanol–water partition coefficient (Wildman–Crippen LogP) is 4.11. The summed E-state index contributed by atoms with van der Waals surface area (Å²) in [6.07, 6.45) is 5.68. The third-order valence-corrected chi connectivity index (χ3v) is 2.49. The van der Waals surface area contributed by atoms with Crippen molar-refractivity contribution in [2.45, 2.75) is 6.92 Å². The van der Waals surface area contributed by atoms with E-state index in [1.54, 1.807) is 6.21 Å². The lowest BCUT2D eigenvalue weighted by atomic mass is 10.1. The van der Waals surface area contributed by atoms with Crippen molar-refractivity contribution in [2.24, 2.45) is 5.10 Å². The summed E-state index contributed by atoms with van der Waals surface area (Å²) in [7, 11) is 0. The molecule has 0 aliphatic rings. The average Bonchev–Trinajstić information content (AvgIpc) is 2.42. The summed E-state index contributed by atoms with van der Waals surface area (Å²) in [4.78, 5) is 0. The third-order valence-electron chi connectivity index (χ3n) is 2.49. The van der Waals surface area contributed by atoms with Gasteiger partial charge in [0, 0.05) is 6.21 Å². The van der Waals surface area contributed by atoms with Crippen molar-refractivity contribution in [1.29, 1.82) is 0 Å². The van der Waals surface area contributed by atoms with Gasteiger partial charge in [0.2, 0.25) is 0 Å². The van der Waals surface area contributed by atoms with Crippen LogP contribution in [0, 0.1) is 6.92 Å². The van der Waals surface area contributed by atoms with Crippen LogP contribution in [0.5, 0.6) is 0 Å². The Kier molecular flexibility index (Phi) is 4.31. The zero-order chi connectivity index (χ0) is 12.6. The van der Waals surface area contributed by atoms with Gasteiger partial charge in [-0.1, -0.05) is 54.1 Å². The molecule has 0 saturated carbocycles. The van der Waals surface area contributed by atoms with E-state index in [2.05, 4.69) is 41.7 Å². The fraction of sp³-hybridized carbons (Fsp3) is 0.0625. The van der Waals surface area contributed by atoms with Gasteiger partial charge < -0.3 is 0 Å². The number of anilines is 1. The largest absolute Gasteiger partial charge is 0.279 e. The molecule has 18 heavy (non-hydrogen) atoms. The van der Waals surface area contributed by atoms with E-state index in [0.717, 1.165) is 5.69 Å². The lowest BCUT2D eigenvalue weighted by molar-refractivity contribution is 1.36. The number of aryl methyl sites for hydroxylation is 1. The number of hydrogen-bond donors (Lipinski definition) is 1. The molecule has 2 aromatic carbocycles. The molecule has 0 radical (unpaired) electrons. The number of nitrogens with one attached hydrogen (secondary N) is 1. The SMILES string of the molecule is Cc1ccc(C=CC=NNc2ccccc2)cc1. The molecule has 2 nitrogen and oxygen atoms in total. The molecular formula is C16H16N2. The van der Waals surface area contributed by atoms with E-state index < -0.39 is 0 Å². The van der Waals surface area contributed by atoms with Gasteiger partial charge in [0.25, 0.3) is 0 Å². The van der Waals surface area contributed by atoms with Gasteiger partial charge in [0.15, 0.2) is 0 Å². The maximum Gasteiger partial charge on any atom is 0.0561 e. The molecular weight excluding hydrogens is 220 g/mol. The number of hydrazone groups is 1. The van der Waals surface area contributed by atoms with Crippen LogP contribution in [0.15, 0.2) is 65.8 Å². The van der Waals surface area contributed by atoms with Crippen LogP contribution in [0.3, 0.4) is 0 Å². The number of hydrogen-bond acceptors (Lipinski definition) is 2. The average molecular weight is 236 g/mol. The molecule has 2 aromatic rings. The summed E-state index contributed by atoms with van der Waals surface area (Å²) < 4.78 is 0. The second kappa shape index (κ2) is 6.40. The molecule has 0 atom stereocenters. The molecule has 2 rings (SSSR count). The van der Waals surface area contributed by atoms with E-state index in [1.165, 1.54) is 11.1 Å². The Morgan fingerprint density at radius 3 is 2.39 bits per heavy atom. The Morgan fingerprint density at radius 2 is 1.67 bits per heavy atom. The first-order valence-corrected chi connectivity index (χ1v) is 5.92. The van der Waals surface area contributed by atoms with Gasteiger partial charge in [-0.15, -0.1) is 0 Å². The highest BCUT2D eigenvalue weighted by atomic mass is 15.3. The molecule has 2 heteroatoms. The highest BCUT2D eigenvalue weighted by Crippen LogP contribution is 2.05. The van der Waals surface area contributed by atoms with Gasteiger partial charge in [-0.05, 0) is 30.7 Å². The molecule has 0 aliphatic carbocycles. The fourth-order valence-electron chi connectivity index (χ4n) is 1.50. The minimum atomic E-state index is 0.984. The first kappa shape index (κ1) is 12.1. The second-order valence-electron chi connectivity index (χ2n) is 4.03. The molecule has 0 aliphatic heterocycles. The number of allylic oxidation sites excluding steroid dienone is 1. The molecule has 90 valence electrons. The Labute approximate surface area is 108 Å². The monoisotopic (exact) mass is 236 g/mol. The van der Waals surface area contributed by atoms with Gasteiger partial charge in [0.05, 0.1) is 5.69 Å². The summed E-state index contributed by atoms with van der Waals surface area (Å²) in [5, 5.41) is 4.11. The van der Waals surface area contributed by atoms with E-state index in [-0.39, 0.29) is 0 Å². The van der Waals surface area contributed by atoms with Crippen molar-refractivity contribution < 1.29 is 0 Å². The van der Waals surface area contributed by atoms with Crippen LogP contribution in [0.4, 0.5) is 5.69 Å². The van der Waals surface area contributed by atoms with E-state index >= 15 is 0 Å². The quantitative estimate of drug-likeness (QED) is 0.627. The lowest BCUT2D eigenvalue weighted by Crippen LogP contribution is -1.86. The Balaban J connectivity index is 1.86. The van der Waals surface area contributed by atoms with E-state index in [9.17, 15) is 0 Å². The molecule has 0 amide bonds. The van der Waals surface area contributed by atoms with Crippen molar-refractivity contribution in [3.05, 3.63) is 71.8 Å². The number of para-hydroxylation sites is 1. The summed E-state index contributed by atoms with van der Waals surface area (Å²) in [6, 6.07) is 18.2. The maximum absolute atomic E-state index is 4.11. The van der Waals surface area contributed by atoms with Crippen LogP contribution in [-0.2, 0) is 0 Å². The first-order chi connectivity index (χ1) is 8.84. The molecule has 0 spiro atoms. The van der Waals surface area contributed by atoms with Gasteiger partial charge >= 0.3 is 0 Å². The van der Waals surface area contributed by atoms with Gasteiger partial charge in [-0.3, -0.25) is 5.43 Å². The highest BCUT2D eigenvalue weighted by molar-refractivity contribution is 5.78. The van der Waals surface area contributed by atoms with Crippen LogP contribution < -0.4 is 5.43 Å². The molecule has 0 heterocycles. The first-order valence-electron chi connectivity index (χ1n) is 5.92. The van der Waals surface area contributed by atoms with Crippen molar-refractivity contribution in [1.82, 2.24) is 0 Å². The Morgan fingerprint density at radius 1 is 0.944 bits per heavy atom. The van der Waals surface area contributed by atoms with Gasteiger partial charge in [-0.25, -0.2) is 0 Å². The van der Waals surface area contributed by atoms with Gasteiger partial charge in [0.1, 0.15) is 0 Å². The normalized spacial score (nSPS) is 11.2. The predicted molar refractivity (Wildman–Crippen MR) is 78.8 cm³/mol. The van der Waals surface area contributed by atoms with Crippen molar-refractivity contribution in [3.8, 4) is 0 Å². The highest BCUT2D eigenvalue weighted by Gasteiger charge is 1.85. The number of rotatable bonds is 4. The Bertz CT molecular complexity index is 525. The number of benzene rings is 2. The molecule has 0 aromatic heterocycles. The summed E-state index contributed by atoms with van der Waals surface area (Å²) >= 11 is 0. The minimum absolute atomic E-state index is 0.984. The number of nitrogens with zero attached hydrogens (tertiary/aromatic N) is 1. The second-order valence-corrected chi connectivity index (χ2v) is 4.03. The summed E-state index contributed by atoms with van der Waals surface area (Å²) in [5.41, 5.74) is 6.38. The molecule has 0 fully saturated rings. The molecule has 0 saturated heterocycles. The molecule has 0 bridgehead atoms. The van der Waals surface area contributed by atoms with Crippen LogP contribution in [0.2, 0.25) is 0 Å². The van der Waals surface area contributed by atoms with E-state index in [1.807, 2.05) is 42.5 Å². The Hall–Kier alpha value is -2.35. The van der Waals surface area contributed by atoms with Crippen LogP contribution in [0.25, 0.3) is 6.08 Å². The maximum atomic E-state index is 4.11. The summed E-state index contributed by atoms with van der Waals surface area (Å²) in [5.74, 6) is 0. The summed E-state index contributed by atoms with van der Waals surface area (Å²) in [6.45, 7) is 2.08. The smallest absolute Gasteiger partial charge is 0.0561 e. The molecule has 0 unspecified atom stereocenters. The van der Waals surface area contributed by atoms with Crippen LogP contribution in [-0.4, -0.2) is 6.21 Å². The zero-order valence-corrected chi connectivity index (χ0v) is 10.4. The van der Waals surface area contributed by atoms with Crippen molar-refractivity contribution in [3.63, 3.8) is 0 Å². The van der Waals surface area contributed by atoms with Crippen LogP contribution >= 0.6 is 0 Å². The van der Waals surface area contributed by atoms with Gasteiger partial charge in [-0.2, -0.15) is 5.10 Å². The van der Waals surface area contributed by atoms with E-state index in [0.29, 0.717) is 0 Å². The standard InChI is InChI=1S/C16H16N2/c1-14-9-11-15(12-10-14)6-5-13-17-18-16-7-3-2-4-8-16/h2-13,18H,1H3. The van der Waals surface area contributed by atoms with Crippen molar-refractivity contribution in [2.75, 3.05) is 5.43 Å². The third kappa shape index (κ3) is 3.91. The zero-order valence-electron chi connectivity index (χ0n) is 10.4. The minimum Gasteiger partial charge on any atom is -0.279 e. The van der Waals surface area contributed by atoms with E-state index in [4.69, 9.17) is 0 Å². The van der Waals surface area contributed by atoms with Crippen molar-refractivity contribution >= 4 is 18.0 Å². The molecule has 1 N–H and O–H groups in total. The lowest BCUT2D eigenvalue weighted by Gasteiger charge is -1.96. The fourth-order valence-corrected chi connectivity index (χ4v) is 1.50. The topological polar surface area (TPSA) is 24.4 Å².